The van der Waals surface area contributed by atoms with Crippen LogP contribution in [0.15, 0.2) is 48.5 Å². The van der Waals surface area contributed by atoms with E-state index in [1.807, 2.05) is 38.1 Å². The number of aromatic nitrogens is 1. The first-order chi connectivity index (χ1) is 11.1. The molecule has 3 rings (SSSR count). The van der Waals surface area contributed by atoms with Crippen LogP contribution >= 0.6 is 11.6 Å². The molecule has 0 aliphatic heterocycles. The van der Waals surface area contributed by atoms with Crippen molar-refractivity contribution in [2.45, 2.75) is 20.3 Å². The molecule has 0 N–H and O–H groups in total. The van der Waals surface area contributed by atoms with Crippen molar-refractivity contribution in [3.63, 3.8) is 0 Å². The summed E-state index contributed by atoms with van der Waals surface area (Å²) in [5.41, 5.74) is 3.15. The van der Waals surface area contributed by atoms with Crippen molar-refractivity contribution in [1.82, 2.24) is 4.98 Å². The van der Waals surface area contributed by atoms with Crippen LogP contribution < -0.4 is 4.74 Å². The fraction of sp³-hybridized carbons (Fsp3) is 0.158. The SMILES string of the molecule is CCc1nc2ccccc2c(C(=O)Oc2ccc(Cl)cc2)c1C. The Morgan fingerprint density at radius 1 is 1.13 bits per heavy atom. The first-order valence-corrected chi connectivity index (χ1v) is 7.84. The fourth-order valence-electron chi connectivity index (χ4n) is 2.63. The van der Waals surface area contributed by atoms with Gasteiger partial charge in [0.2, 0.25) is 0 Å². The molecule has 3 nitrogen and oxygen atoms in total. The Morgan fingerprint density at radius 3 is 2.52 bits per heavy atom. The number of ether oxygens (including phenoxy) is 1. The highest BCUT2D eigenvalue weighted by atomic mass is 35.5. The van der Waals surface area contributed by atoms with Crippen LogP contribution in [0.3, 0.4) is 0 Å². The number of hydrogen-bond donors (Lipinski definition) is 0. The van der Waals surface area contributed by atoms with Gasteiger partial charge in [-0.15, -0.1) is 0 Å². The second-order valence-corrected chi connectivity index (χ2v) is 5.71. The van der Waals surface area contributed by atoms with Crippen molar-refractivity contribution in [1.29, 1.82) is 0 Å². The monoisotopic (exact) mass is 325 g/mol. The lowest BCUT2D eigenvalue weighted by molar-refractivity contribution is 0.0736. The summed E-state index contributed by atoms with van der Waals surface area (Å²) in [7, 11) is 0. The molecule has 0 spiro atoms. The molecule has 0 atom stereocenters. The number of carbonyl (C=O) groups is 1. The largest absolute Gasteiger partial charge is 0.423 e. The van der Waals surface area contributed by atoms with Crippen molar-refractivity contribution >= 4 is 28.5 Å². The lowest BCUT2D eigenvalue weighted by Gasteiger charge is -2.13. The van der Waals surface area contributed by atoms with Crippen molar-refractivity contribution in [2.24, 2.45) is 0 Å². The second kappa shape index (κ2) is 6.39. The number of carbonyl (C=O) groups excluding carboxylic acids is 1. The summed E-state index contributed by atoms with van der Waals surface area (Å²) in [6.07, 6.45) is 0.762. The molecule has 1 aromatic heterocycles. The Kier molecular flexibility index (Phi) is 4.30. The number of pyridine rings is 1. The molecule has 0 aliphatic rings. The Hall–Kier alpha value is -2.39. The average molecular weight is 326 g/mol. The molecule has 0 saturated heterocycles. The number of para-hydroxylation sites is 1. The molecule has 3 aromatic rings. The molecular weight excluding hydrogens is 310 g/mol. The lowest BCUT2D eigenvalue weighted by atomic mass is 10.0. The Labute approximate surface area is 139 Å². The van der Waals surface area contributed by atoms with E-state index in [9.17, 15) is 4.79 Å². The Morgan fingerprint density at radius 2 is 1.83 bits per heavy atom. The van der Waals surface area contributed by atoms with E-state index in [1.165, 1.54) is 0 Å². The maximum absolute atomic E-state index is 12.7. The summed E-state index contributed by atoms with van der Waals surface area (Å²) in [6, 6.07) is 14.4. The van der Waals surface area contributed by atoms with Crippen molar-refractivity contribution in [2.75, 3.05) is 0 Å². The molecule has 1 heterocycles. The predicted molar refractivity (Wildman–Crippen MR) is 92.3 cm³/mol. The van der Waals surface area contributed by atoms with Crippen LogP contribution in [0, 0.1) is 6.92 Å². The van der Waals surface area contributed by atoms with E-state index in [0.717, 1.165) is 28.6 Å². The summed E-state index contributed by atoms with van der Waals surface area (Å²) in [5, 5.41) is 1.41. The van der Waals surface area contributed by atoms with E-state index in [1.54, 1.807) is 24.3 Å². The van der Waals surface area contributed by atoms with Crippen LogP contribution in [0.1, 0.15) is 28.5 Å². The summed E-state index contributed by atoms with van der Waals surface area (Å²) in [6.45, 7) is 3.94. The highest BCUT2D eigenvalue weighted by Crippen LogP contribution is 2.25. The van der Waals surface area contributed by atoms with Gasteiger partial charge in [0.25, 0.3) is 0 Å². The molecule has 0 saturated carbocycles. The quantitative estimate of drug-likeness (QED) is 0.503. The molecule has 23 heavy (non-hydrogen) atoms. The summed E-state index contributed by atoms with van der Waals surface area (Å²) >= 11 is 5.86. The third kappa shape index (κ3) is 3.06. The molecule has 0 fully saturated rings. The van der Waals surface area contributed by atoms with Gasteiger partial charge in [-0.05, 0) is 49.2 Å². The van der Waals surface area contributed by atoms with Crippen LogP contribution in [-0.2, 0) is 6.42 Å². The lowest BCUT2D eigenvalue weighted by Crippen LogP contribution is -2.13. The Balaban J connectivity index is 2.08. The van der Waals surface area contributed by atoms with Crippen molar-refractivity contribution in [3.05, 3.63) is 70.4 Å². The van der Waals surface area contributed by atoms with Gasteiger partial charge >= 0.3 is 5.97 Å². The van der Waals surface area contributed by atoms with Gasteiger partial charge in [0.1, 0.15) is 5.75 Å². The van der Waals surface area contributed by atoms with E-state index in [2.05, 4.69) is 4.98 Å². The smallest absolute Gasteiger partial charge is 0.344 e. The molecular formula is C19H16ClNO2. The molecule has 0 amide bonds. The molecule has 0 aliphatic carbocycles. The van der Waals surface area contributed by atoms with E-state index in [-0.39, 0.29) is 5.97 Å². The summed E-state index contributed by atoms with van der Waals surface area (Å²) < 4.78 is 5.52. The molecule has 0 unspecified atom stereocenters. The summed E-state index contributed by atoms with van der Waals surface area (Å²) in [5.74, 6) is 0.0934. The minimum atomic E-state index is -0.377. The number of rotatable bonds is 3. The molecule has 2 aromatic carbocycles. The highest BCUT2D eigenvalue weighted by Gasteiger charge is 2.19. The maximum Gasteiger partial charge on any atom is 0.344 e. The number of aryl methyl sites for hydroxylation is 1. The predicted octanol–water partition coefficient (Wildman–Crippen LogP) is 4.98. The average Bonchev–Trinajstić information content (AvgIpc) is 2.56. The van der Waals surface area contributed by atoms with E-state index in [0.29, 0.717) is 16.3 Å². The van der Waals surface area contributed by atoms with Crippen LogP contribution in [0.2, 0.25) is 5.02 Å². The fourth-order valence-corrected chi connectivity index (χ4v) is 2.75. The van der Waals surface area contributed by atoms with Crippen molar-refractivity contribution < 1.29 is 9.53 Å². The van der Waals surface area contributed by atoms with Crippen LogP contribution in [0.25, 0.3) is 10.9 Å². The van der Waals surface area contributed by atoms with Gasteiger partial charge in [-0.3, -0.25) is 4.98 Å². The van der Waals surface area contributed by atoms with E-state index >= 15 is 0 Å². The highest BCUT2D eigenvalue weighted by molar-refractivity contribution is 6.30. The number of esters is 1. The van der Waals surface area contributed by atoms with Gasteiger partial charge in [0.15, 0.2) is 0 Å². The second-order valence-electron chi connectivity index (χ2n) is 5.27. The van der Waals surface area contributed by atoms with Crippen LogP contribution in [0.5, 0.6) is 5.75 Å². The van der Waals surface area contributed by atoms with Gasteiger partial charge in [-0.25, -0.2) is 4.79 Å². The van der Waals surface area contributed by atoms with Gasteiger partial charge in [0, 0.05) is 16.1 Å². The number of nitrogens with zero attached hydrogens (tertiary/aromatic N) is 1. The van der Waals surface area contributed by atoms with Gasteiger partial charge in [0.05, 0.1) is 11.1 Å². The Bertz CT molecular complexity index is 872. The number of hydrogen-bond acceptors (Lipinski definition) is 3. The number of fused-ring (bicyclic) bond motifs is 1. The first-order valence-electron chi connectivity index (χ1n) is 7.46. The maximum atomic E-state index is 12.7. The normalized spacial score (nSPS) is 10.7. The molecule has 0 bridgehead atoms. The first kappa shape index (κ1) is 15.5. The number of halogens is 1. The standard InChI is InChI=1S/C19H16ClNO2/c1-3-16-12(2)18(15-6-4-5-7-17(15)21-16)19(22)23-14-10-8-13(20)9-11-14/h4-11H,3H2,1-2H3. The number of benzene rings is 2. The van der Waals surface area contributed by atoms with Gasteiger partial charge < -0.3 is 4.74 Å². The van der Waals surface area contributed by atoms with Crippen LogP contribution in [-0.4, -0.2) is 11.0 Å². The minimum Gasteiger partial charge on any atom is -0.423 e. The topological polar surface area (TPSA) is 39.2 Å². The zero-order valence-electron chi connectivity index (χ0n) is 13.0. The van der Waals surface area contributed by atoms with Gasteiger partial charge in [-0.2, -0.15) is 0 Å². The van der Waals surface area contributed by atoms with Crippen LogP contribution in [0.4, 0.5) is 0 Å². The van der Waals surface area contributed by atoms with E-state index in [4.69, 9.17) is 16.3 Å². The molecule has 0 radical (unpaired) electrons. The minimum absolute atomic E-state index is 0.377. The zero-order valence-corrected chi connectivity index (χ0v) is 13.7. The third-order valence-corrected chi connectivity index (χ3v) is 4.05. The van der Waals surface area contributed by atoms with E-state index < -0.39 is 0 Å². The van der Waals surface area contributed by atoms with Crippen molar-refractivity contribution in [3.8, 4) is 5.75 Å². The van der Waals surface area contributed by atoms with Gasteiger partial charge in [-0.1, -0.05) is 36.7 Å². The third-order valence-electron chi connectivity index (χ3n) is 3.80. The summed E-state index contributed by atoms with van der Waals surface area (Å²) in [4.78, 5) is 17.3. The molecule has 116 valence electrons. The molecule has 4 heteroatoms. The zero-order chi connectivity index (χ0) is 16.4.